The Labute approximate surface area is 64.5 Å². The van der Waals surface area contributed by atoms with E-state index >= 15 is 0 Å². The van der Waals surface area contributed by atoms with Crippen molar-refractivity contribution < 1.29 is 18.3 Å². The van der Waals surface area contributed by atoms with Gasteiger partial charge in [-0.3, -0.25) is 0 Å². The molecule has 11 heavy (non-hydrogen) atoms. The molecule has 2 nitrogen and oxygen atoms in total. The molecule has 0 aliphatic carbocycles. The molecule has 0 bridgehead atoms. The second-order valence-corrected chi connectivity index (χ2v) is 2.96. The second kappa shape index (κ2) is 3.03. The maximum atomic E-state index is 12.3. The van der Waals surface area contributed by atoms with E-state index in [1.54, 1.807) is 0 Å². The van der Waals surface area contributed by atoms with Gasteiger partial charge in [-0.25, -0.2) is 0 Å². The SMILES string of the molecule is CC(C)OC1COC(F)(F)C1. The van der Waals surface area contributed by atoms with E-state index < -0.39 is 12.2 Å². The third kappa shape index (κ3) is 2.71. The van der Waals surface area contributed by atoms with Gasteiger partial charge in [-0.05, 0) is 13.8 Å². The predicted octanol–water partition coefficient (Wildman–Crippen LogP) is 1.79. The quantitative estimate of drug-likeness (QED) is 0.622. The molecule has 1 unspecified atom stereocenters. The third-order valence-electron chi connectivity index (χ3n) is 1.41. The van der Waals surface area contributed by atoms with E-state index in [0.717, 1.165) is 0 Å². The Hall–Kier alpha value is -0.220. The second-order valence-electron chi connectivity index (χ2n) is 2.96. The zero-order valence-electron chi connectivity index (χ0n) is 6.64. The van der Waals surface area contributed by atoms with Crippen molar-refractivity contribution in [3.05, 3.63) is 0 Å². The molecular weight excluding hydrogens is 154 g/mol. The Kier molecular flexibility index (Phi) is 2.44. The standard InChI is InChI=1S/C7H12F2O2/c1-5(2)11-6-3-7(8,9)10-4-6/h5-6H,3-4H2,1-2H3. The van der Waals surface area contributed by atoms with Gasteiger partial charge in [-0.2, -0.15) is 8.78 Å². The monoisotopic (exact) mass is 166 g/mol. The lowest BCUT2D eigenvalue weighted by molar-refractivity contribution is -0.205. The lowest BCUT2D eigenvalue weighted by atomic mass is 10.3. The Morgan fingerprint density at radius 1 is 1.55 bits per heavy atom. The summed E-state index contributed by atoms with van der Waals surface area (Å²) in [6.45, 7) is 3.64. The van der Waals surface area contributed by atoms with Crippen LogP contribution in [0.3, 0.4) is 0 Å². The largest absolute Gasteiger partial charge is 0.373 e. The van der Waals surface area contributed by atoms with E-state index in [-0.39, 0.29) is 19.1 Å². The van der Waals surface area contributed by atoms with Gasteiger partial charge in [0.05, 0.1) is 25.2 Å². The third-order valence-corrected chi connectivity index (χ3v) is 1.41. The minimum Gasteiger partial charge on any atom is -0.373 e. The Bertz CT molecular complexity index is 136. The highest BCUT2D eigenvalue weighted by molar-refractivity contribution is 4.72. The molecule has 66 valence electrons. The average molecular weight is 166 g/mol. The summed E-state index contributed by atoms with van der Waals surface area (Å²) < 4.78 is 34.0. The number of ether oxygens (including phenoxy) is 2. The van der Waals surface area contributed by atoms with Gasteiger partial charge in [0.15, 0.2) is 0 Å². The van der Waals surface area contributed by atoms with E-state index in [1.807, 2.05) is 13.8 Å². The zero-order valence-corrected chi connectivity index (χ0v) is 6.64. The first-order valence-electron chi connectivity index (χ1n) is 3.67. The predicted molar refractivity (Wildman–Crippen MR) is 35.5 cm³/mol. The number of rotatable bonds is 2. The highest BCUT2D eigenvalue weighted by atomic mass is 19.3. The van der Waals surface area contributed by atoms with Crippen LogP contribution in [0.4, 0.5) is 8.78 Å². The smallest absolute Gasteiger partial charge is 0.358 e. The Morgan fingerprint density at radius 3 is 2.55 bits per heavy atom. The molecule has 1 atom stereocenters. The first-order chi connectivity index (χ1) is 4.99. The van der Waals surface area contributed by atoms with Gasteiger partial charge in [0.25, 0.3) is 0 Å². The number of hydrogen-bond donors (Lipinski definition) is 0. The first-order valence-corrected chi connectivity index (χ1v) is 3.67. The van der Waals surface area contributed by atoms with Gasteiger partial charge in [0.1, 0.15) is 0 Å². The van der Waals surface area contributed by atoms with Crippen molar-refractivity contribution in [2.24, 2.45) is 0 Å². The molecule has 0 N–H and O–H groups in total. The molecule has 0 aromatic carbocycles. The summed E-state index contributed by atoms with van der Waals surface area (Å²) >= 11 is 0. The van der Waals surface area contributed by atoms with Gasteiger partial charge in [0, 0.05) is 0 Å². The maximum Gasteiger partial charge on any atom is 0.358 e. The summed E-state index contributed by atoms with van der Waals surface area (Å²) in [5.74, 6) is 0. The molecule has 4 heteroatoms. The molecule has 0 saturated carbocycles. The number of hydrogen-bond acceptors (Lipinski definition) is 2. The lowest BCUT2D eigenvalue weighted by Gasteiger charge is -2.12. The van der Waals surface area contributed by atoms with Crippen LogP contribution in [0, 0.1) is 0 Å². The number of halogens is 2. The fraction of sp³-hybridized carbons (Fsp3) is 1.00. The Balaban J connectivity index is 2.31. The van der Waals surface area contributed by atoms with Crippen LogP contribution in [0.25, 0.3) is 0 Å². The van der Waals surface area contributed by atoms with E-state index in [1.165, 1.54) is 0 Å². The lowest BCUT2D eigenvalue weighted by Crippen LogP contribution is -2.19. The molecule has 0 aromatic rings. The highest BCUT2D eigenvalue weighted by Crippen LogP contribution is 2.30. The summed E-state index contributed by atoms with van der Waals surface area (Å²) in [6.07, 6.45) is -3.74. The van der Waals surface area contributed by atoms with Crippen molar-refractivity contribution in [1.29, 1.82) is 0 Å². The molecule has 1 aliphatic heterocycles. The summed E-state index contributed by atoms with van der Waals surface area (Å²) in [5.41, 5.74) is 0. The molecule has 1 saturated heterocycles. The maximum absolute atomic E-state index is 12.3. The minimum atomic E-state index is -2.97. The van der Waals surface area contributed by atoms with Crippen LogP contribution in [0.1, 0.15) is 20.3 Å². The molecule has 1 aliphatic rings. The van der Waals surface area contributed by atoms with Gasteiger partial charge in [0.2, 0.25) is 0 Å². The summed E-state index contributed by atoms with van der Waals surface area (Å²) in [5, 5.41) is 0. The van der Waals surface area contributed by atoms with Crippen molar-refractivity contribution >= 4 is 0 Å². The molecule has 1 heterocycles. The topological polar surface area (TPSA) is 18.5 Å². The van der Waals surface area contributed by atoms with Gasteiger partial charge >= 0.3 is 6.11 Å². The van der Waals surface area contributed by atoms with Crippen molar-refractivity contribution in [1.82, 2.24) is 0 Å². The number of alkyl halides is 2. The van der Waals surface area contributed by atoms with Crippen LogP contribution in [0.15, 0.2) is 0 Å². The van der Waals surface area contributed by atoms with Crippen LogP contribution in [-0.4, -0.2) is 24.9 Å². The van der Waals surface area contributed by atoms with Crippen LogP contribution in [0.2, 0.25) is 0 Å². The van der Waals surface area contributed by atoms with Crippen molar-refractivity contribution in [3.63, 3.8) is 0 Å². The fourth-order valence-corrected chi connectivity index (χ4v) is 1.07. The van der Waals surface area contributed by atoms with E-state index in [4.69, 9.17) is 4.74 Å². The molecule has 0 spiro atoms. The summed E-state index contributed by atoms with van der Waals surface area (Å²) in [7, 11) is 0. The summed E-state index contributed by atoms with van der Waals surface area (Å²) in [6, 6.07) is 0. The van der Waals surface area contributed by atoms with Crippen LogP contribution >= 0.6 is 0 Å². The molecule has 0 radical (unpaired) electrons. The van der Waals surface area contributed by atoms with Gasteiger partial charge in [-0.15, -0.1) is 0 Å². The van der Waals surface area contributed by atoms with Crippen LogP contribution in [0.5, 0.6) is 0 Å². The fourth-order valence-electron chi connectivity index (χ4n) is 1.07. The van der Waals surface area contributed by atoms with Gasteiger partial charge < -0.3 is 9.47 Å². The van der Waals surface area contributed by atoms with E-state index in [2.05, 4.69) is 4.74 Å². The van der Waals surface area contributed by atoms with Crippen LogP contribution in [-0.2, 0) is 9.47 Å². The first kappa shape index (κ1) is 8.87. The van der Waals surface area contributed by atoms with E-state index in [9.17, 15) is 8.78 Å². The minimum absolute atomic E-state index is 0.00514. The molecule has 0 amide bonds. The van der Waals surface area contributed by atoms with Gasteiger partial charge in [-0.1, -0.05) is 0 Å². The molecule has 1 rings (SSSR count). The zero-order chi connectivity index (χ0) is 8.48. The van der Waals surface area contributed by atoms with Crippen LogP contribution < -0.4 is 0 Å². The van der Waals surface area contributed by atoms with Crippen molar-refractivity contribution in [2.75, 3.05) is 6.61 Å². The average Bonchev–Trinajstić information content (AvgIpc) is 2.08. The highest BCUT2D eigenvalue weighted by Gasteiger charge is 2.41. The molecule has 0 aromatic heterocycles. The molecular formula is C7H12F2O2. The van der Waals surface area contributed by atoms with E-state index in [0.29, 0.717) is 0 Å². The summed E-state index contributed by atoms with van der Waals surface area (Å²) in [4.78, 5) is 0. The Morgan fingerprint density at radius 2 is 2.18 bits per heavy atom. The normalized spacial score (nSPS) is 29.7. The van der Waals surface area contributed by atoms with Crippen molar-refractivity contribution in [2.45, 2.75) is 38.6 Å². The molecule has 1 fully saturated rings. The van der Waals surface area contributed by atoms with Crippen molar-refractivity contribution in [3.8, 4) is 0 Å².